The van der Waals surface area contributed by atoms with Gasteiger partial charge in [-0.05, 0) is 51.4 Å². The summed E-state index contributed by atoms with van der Waals surface area (Å²) in [6.07, 6.45) is 84.0. The van der Waals surface area contributed by atoms with Crippen molar-refractivity contribution in [1.82, 2.24) is 5.32 Å². The zero-order valence-electron chi connectivity index (χ0n) is 53.2. The molecule has 0 aliphatic carbocycles. The number of ether oxygens (including phenoxy) is 1. The van der Waals surface area contributed by atoms with Gasteiger partial charge in [-0.1, -0.05) is 360 Å². The molecule has 0 radical (unpaired) electrons. The van der Waals surface area contributed by atoms with Gasteiger partial charge < -0.3 is 20.3 Å². The van der Waals surface area contributed by atoms with Crippen molar-refractivity contribution in [2.75, 3.05) is 13.2 Å². The van der Waals surface area contributed by atoms with Gasteiger partial charge in [0.15, 0.2) is 0 Å². The van der Waals surface area contributed by atoms with E-state index in [0.717, 1.165) is 44.9 Å². The zero-order valence-corrected chi connectivity index (χ0v) is 53.2. The van der Waals surface area contributed by atoms with Gasteiger partial charge in [-0.2, -0.15) is 0 Å². The number of esters is 1. The summed E-state index contributed by atoms with van der Waals surface area (Å²) in [4.78, 5) is 24.6. The summed E-state index contributed by atoms with van der Waals surface area (Å²) >= 11 is 0. The number of amides is 1. The van der Waals surface area contributed by atoms with E-state index < -0.39 is 12.1 Å². The maximum Gasteiger partial charge on any atom is 0.305 e. The smallest absolute Gasteiger partial charge is 0.305 e. The molecule has 0 aliphatic rings. The molecule has 2 unspecified atom stereocenters. The topological polar surface area (TPSA) is 95.9 Å². The van der Waals surface area contributed by atoms with Crippen molar-refractivity contribution in [3.05, 3.63) is 12.2 Å². The van der Waals surface area contributed by atoms with Crippen molar-refractivity contribution in [1.29, 1.82) is 0 Å². The number of rotatable bonds is 68. The summed E-state index contributed by atoms with van der Waals surface area (Å²) in [5.74, 6) is -0.0267. The fraction of sp³-hybridized carbons (Fsp3) is 0.944. The largest absolute Gasteiger partial charge is 0.466 e. The van der Waals surface area contributed by atoms with E-state index in [2.05, 4.69) is 31.3 Å². The molecule has 0 aliphatic heterocycles. The number of unbranched alkanes of at least 4 members (excludes halogenated alkanes) is 55. The van der Waals surface area contributed by atoms with E-state index in [0.29, 0.717) is 25.9 Å². The summed E-state index contributed by atoms with van der Waals surface area (Å²) in [6, 6.07) is -0.544. The molecular weight excluding hydrogens is 959 g/mol. The fourth-order valence-electron chi connectivity index (χ4n) is 11.6. The molecular formula is C72H141NO5. The Bertz CT molecular complexity index is 1180. The van der Waals surface area contributed by atoms with Crippen molar-refractivity contribution in [3.63, 3.8) is 0 Å². The van der Waals surface area contributed by atoms with Crippen molar-refractivity contribution < 1.29 is 24.5 Å². The Morgan fingerprint density at radius 1 is 0.346 bits per heavy atom. The molecule has 0 heterocycles. The van der Waals surface area contributed by atoms with Gasteiger partial charge in [0.05, 0.1) is 25.4 Å². The maximum absolute atomic E-state index is 12.6. The summed E-state index contributed by atoms with van der Waals surface area (Å²) in [5, 5.41) is 23.5. The van der Waals surface area contributed by atoms with Crippen LogP contribution >= 0.6 is 0 Å². The third-order valence-electron chi connectivity index (χ3n) is 17.1. The molecule has 0 saturated heterocycles. The highest BCUT2D eigenvalue weighted by molar-refractivity contribution is 5.76. The summed E-state index contributed by atoms with van der Waals surface area (Å²) in [5.41, 5.74) is 0. The van der Waals surface area contributed by atoms with E-state index in [-0.39, 0.29) is 18.5 Å². The van der Waals surface area contributed by atoms with Crippen LogP contribution in [0, 0.1) is 0 Å². The Morgan fingerprint density at radius 3 is 0.910 bits per heavy atom. The third-order valence-corrected chi connectivity index (χ3v) is 17.1. The third kappa shape index (κ3) is 63.8. The van der Waals surface area contributed by atoms with E-state index in [4.69, 9.17) is 4.74 Å². The molecule has 6 heteroatoms. The van der Waals surface area contributed by atoms with E-state index >= 15 is 0 Å². The fourth-order valence-corrected chi connectivity index (χ4v) is 11.6. The molecule has 0 aromatic carbocycles. The molecule has 0 aromatic rings. The van der Waals surface area contributed by atoms with Gasteiger partial charge in [-0.15, -0.1) is 0 Å². The average Bonchev–Trinajstić information content (AvgIpc) is 3.44. The first-order valence-corrected chi connectivity index (χ1v) is 35.9. The van der Waals surface area contributed by atoms with Gasteiger partial charge in [0.25, 0.3) is 0 Å². The minimum atomic E-state index is -0.667. The number of hydrogen-bond donors (Lipinski definition) is 3. The summed E-state index contributed by atoms with van der Waals surface area (Å²) < 4.78 is 5.49. The van der Waals surface area contributed by atoms with Crippen LogP contribution in [0.15, 0.2) is 12.2 Å². The lowest BCUT2D eigenvalue weighted by Gasteiger charge is -2.22. The second kappa shape index (κ2) is 68.1. The number of nitrogens with one attached hydrogen (secondary N) is 1. The van der Waals surface area contributed by atoms with Gasteiger partial charge in [0, 0.05) is 12.8 Å². The molecule has 0 bridgehead atoms. The molecule has 6 nitrogen and oxygen atoms in total. The van der Waals surface area contributed by atoms with Crippen molar-refractivity contribution >= 4 is 11.9 Å². The second-order valence-corrected chi connectivity index (χ2v) is 24.9. The molecule has 0 aromatic heterocycles. The van der Waals surface area contributed by atoms with Crippen molar-refractivity contribution in [2.24, 2.45) is 0 Å². The number of aliphatic hydroxyl groups is 2. The highest BCUT2D eigenvalue weighted by Gasteiger charge is 2.20. The number of carbonyl (C=O) groups is 2. The Hall–Kier alpha value is -1.40. The Balaban J connectivity index is 3.38. The maximum atomic E-state index is 12.6. The standard InChI is InChI=1S/C72H141NO5/c1-3-5-7-9-11-13-15-17-19-21-22-23-24-25-26-27-30-33-36-40-44-48-52-56-60-64-70(75)69(68-74)73-71(76)65-61-57-53-49-45-41-37-34-31-28-29-32-35-39-43-47-51-55-59-63-67-78-72(77)66-62-58-54-50-46-42-38-20-18-16-14-12-10-8-6-4-2/h20,38,69-70,74-75H,3-19,21-37,39-68H2,1-2H3,(H,73,76)/b38-20-. The van der Waals surface area contributed by atoms with E-state index in [1.54, 1.807) is 0 Å². The molecule has 0 rings (SSSR count). The Morgan fingerprint density at radius 2 is 0.603 bits per heavy atom. The first-order valence-electron chi connectivity index (χ1n) is 35.9. The first kappa shape index (κ1) is 76.6. The minimum Gasteiger partial charge on any atom is -0.466 e. The number of allylic oxidation sites excluding steroid dienone is 2. The molecule has 0 saturated carbocycles. The lowest BCUT2D eigenvalue weighted by molar-refractivity contribution is -0.143. The van der Waals surface area contributed by atoms with E-state index in [1.807, 2.05) is 0 Å². The van der Waals surface area contributed by atoms with E-state index in [9.17, 15) is 19.8 Å². The highest BCUT2D eigenvalue weighted by atomic mass is 16.5. The SMILES string of the molecule is CCCCCCCCC/C=C\CCCCCCCC(=O)OCCCCCCCCCCCCCCCCCCCCCCC(=O)NC(CO)C(O)CCCCCCCCCCCCCCCCCCCCCCCCCCC. The molecule has 3 N–H and O–H groups in total. The van der Waals surface area contributed by atoms with Crippen LogP contribution in [0.1, 0.15) is 412 Å². The predicted octanol–water partition coefficient (Wildman–Crippen LogP) is 23.1. The minimum absolute atomic E-state index is 0.00475. The monoisotopic (exact) mass is 1100 g/mol. The van der Waals surface area contributed by atoms with Crippen molar-refractivity contribution in [2.45, 2.75) is 424 Å². The quantitative estimate of drug-likeness (QED) is 0.0320. The summed E-state index contributed by atoms with van der Waals surface area (Å²) in [7, 11) is 0. The van der Waals surface area contributed by atoms with Crippen LogP contribution in [0.3, 0.4) is 0 Å². The molecule has 464 valence electrons. The van der Waals surface area contributed by atoms with E-state index in [1.165, 1.54) is 334 Å². The number of carbonyl (C=O) groups excluding carboxylic acids is 2. The molecule has 0 fully saturated rings. The van der Waals surface area contributed by atoms with Crippen LogP contribution in [0.5, 0.6) is 0 Å². The lowest BCUT2D eigenvalue weighted by Crippen LogP contribution is -2.45. The van der Waals surface area contributed by atoms with Gasteiger partial charge in [-0.3, -0.25) is 9.59 Å². The predicted molar refractivity (Wildman–Crippen MR) is 343 cm³/mol. The zero-order chi connectivity index (χ0) is 56.4. The van der Waals surface area contributed by atoms with Crippen molar-refractivity contribution in [3.8, 4) is 0 Å². The van der Waals surface area contributed by atoms with Crippen LogP contribution in [0.4, 0.5) is 0 Å². The van der Waals surface area contributed by atoms with Gasteiger partial charge in [-0.25, -0.2) is 0 Å². The molecule has 0 spiro atoms. The molecule has 1 amide bonds. The highest BCUT2D eigenvalue weighted by Crippen LogP contribution is 2.19. The van der Waals surface area contributed by atoms with Crippen LogP contribution in [0.2, 0.25) is 0 Å². The normalized spacial score (nSPS) is 12.5. The first-order chi connectivity index (χ1) is 38.5. The van der Waals surface area contributed by atoms with Gasteiger partial charge in [0.1, 0.15) is 0 Å². The number of aliphatic hydroxyl groups excluding tert-OH is 2. The molecule has 2 atom stereocenters. The van der Waals surface area contributed by atoms with Crippen LogP contribution in [0.25, 0.3) is 0 Å². The van der Waals surface area contributed by atoms with Gasteiger partial charge >= 0.3 is 5.97 Å². The van der Waals surface area contributed by atoms with Gasteiger partial charge in [0.2, 0.25) is 5.91 Å². The Kier molecular flexibility index (Phi) is 66.9. The number of hydrogen-bond acceptors (Lipinski definition) is 5. The lowest BCUT2D eigenvalue weighted by atomic mass is 10.0. The molecule has 78 heavy (non-hydrogen) atoms. The average molecular weight is 1100 g/mol. The second-order valence-electron chi connectivity index (χ2n) is 24.9. The van der Waals surface area contributed by atoms with Crippen LogP contribution < -0.4 is 5.32 Å². The van der Waals surface area contributed by atoms with Crippen LogP contribution in [-0.2, 0) is 14.3 Å². The summed E-state index contributed by atoms with van der Waals surface area (Å²) in [6.45, 7) is 4.99. The Labute approximate surface area is 489 Å². The van der Waals surface area contributed by atoms with Crippen LogP contribution in [-0.4, -0.2) is 47.4 Å².